The molecule has 1 unspecified atom stereocenters. The van der Waals surface area contributed by atoms with Crippen molar-refractivity contribution in [2.24, 2.45) is 0 Å². The second-order valence-corrected chi connectivity index (χ2v) is 8.20. The molecule has 2 N–H and O–H groups in total. The third-order valence-corrected chi connectivity index (χ3v) is 6.61. The van der Waals surface area contributed by atoms with Gasteiger partial charge in [0.2, 0.25) is 0 Å². The van der Waals surface area contributed by atoms with Crippen LogP contribution in [0.4, 0.5) is 5.69 Å². The van der Waals surface area contributed by atoms with E-state index in [0.717, 1.165) is 5.75 Å². The maximum atomic E-state index is 12.5. The van der Waals surface area contributed by atoms with Crippen molar-refractivity contribution in [3.63, 3.8) is 0 Å². The van der Waals surface area contributed by atoms with E-state index in [1.807, 2.05) is 0 Å². The molecule has 0 radical (unpaired) electrons. The van der Waals surface area contributed by atoms with Gasteiger partial charge in [-0.15, -0.1) is 0 Å². The summed E-state index contributed by atoms with van der Waals surface area (Å²) in [5.74, 6) is 1.00. The number of sulfone groups is 1. The van der Waals surface area contributed by atoms with Gasteiger partial charge in [0.15, 0.2) is 9.84 Å². The van der Waals surface area contributed by atoms with Crippen molar-refractivity contribution >= 4 is 33.2 Å². The van der Waals surface area contributed by atoms with Crippen LogP contribution in [0.15, 0.2) is 24.3 Å². The van der Waals surface area contributed by atoms with E-state index in [4.69, 9.17) is 5.73 Å². The molecule has 20 heavy (non-hydrogen) atoms. The van der Waals surface area contributed by atoms with Crippen molar-refractivity contribution in [3.05, 3.63) is 29.8 Å². The van der Waals surface area contributed by atoms with Gasteiger partial charge in [-0.3, -0.25) is 4.79 Å². The average molecular weight is 314 g/mol. The predicted octanol–water partition coefficient (Wildman–Crippen LogP) is 1.22. The molecule has 110 valence electrons. The van der Waals surface area contributed by atoms with Gasteiger partial charge in [0.05, 0.1) is 0 Å². The Morgan fingerprint density at radius 3 is 2.65 bits per heavy atom. The molecule has 0 saturated carbocycles. The Labute approximate surface area is 123 Å². The van der Waals surface area contributed by atoms with Crippen LogP contribution < -0.4 is 5.73 Å². The van der Waals surface area contributed by atoms with E-state index < -0.39 is 15.2 Å². The lowest BCUT2D eigenvalue weighted by atomic mass is 10.2. The van der Waals surface area contributed by atoms with Crippen LogP contribution in [0.25, 0.3) is 0 Å². The molecular formula is C13H18N2O3S2. The monoisotopic (exact) mass is 314 g/mol. The fourth-order valence-corrected chi connectivity index (χ4v) is 5.06. The van der Waals surface area contributed by atoms with Gasteiger partial charge in [-0.1, -0.05) is 6.92 Å². The largest absolute Gasteiger partial charge is 0.399 e. The molecule has 1 heterocycles. The first-order chi connectivity index (χ1) is 9.45. The number of rotatable bonds is 3. The number of amides is 1. The molecule has 1 aliphatic rings. The van der Waals surface area contributed by atoms with Gasteiger partial charge >= 0.3 is 0 Å². The number of nitrogen functional groups attached to an aromatic ring is 1. The van der Waals surface area contributed by atoms with Gasteiger partial charge in [-0.2, -0.15) is 11.8 Å². The SMILES string of the molecule is CCS(=O)(=O)C1CSCCN1C(=O)c1ccc(N)cc1. The lowest BCUT2D eigenvalue weighted by molar-refractivity contribution is 0.0749. The number of hydrogen-bond acceptors (Lipinski definition) is 5. The topological polar surface area (TPSA) is 80.5 Å². The third-order valence-electron chi connectivity index (χ3n) is 3.32. The highest BCUT2D eigenvalue weighted by Crippen LogP contribution is 2.23. The number of hydrogen-bond donors (Lipinski definition) is 1. The van der Waals surface area contributed by atoms with Gasteiger partial charge in [0.25, 0.3) is 5.91 Å². The molecule has 1 fully saturated rings. The molecule has 7 heteroatoms. The number of anilines is 1. The van der Waals surface area contributed by atoms with Crippen LogP contribution in [0.3, 0.4) is 0 Å². The zero-order valence-electron chi connectivity index (χ0n) is 11.3. The standard InChI is InChI=1S/C13H18N2O3S2/c1-2-20(17,18)12-9-19-8-7-15(12)13(16)10-3-5-11(14)6-4-10/h3-6,12H,2,7-9,14H2,1H3. The first-order valence-electron chi connectivity index (χ1n) is 6.41. The Hall–Kier alpha value is -1.21. The highest BCUT2D eigenvalue weighted by atomic mass is 32.2. The summed E-state index contributed by atoms with van der Waals surface area (Å²) in [4.78, 5) is 14.0. The van der Waals surface area contributed by atoms with Crippen LogP contribution in [-0.4, -0.2) is 48.4 Å². The van der Waals surface area contributed by atoms with Crippen LogP contribution in [-0.2, 0) is 9.84 Å². The summed E-state index contributed by atoms with van der Waals surface area (Å²) in [5, 5.41) is -0.726. The van der Waals surface area contributed by atoms with Gasteiger partial charge in [-0.05, 0) is 24.3 Å². The van der Waals surface area contributed by atoms with Crippen LogP contribution in [0.5, 0.6) is 0 Å². The minimum atomic E-state index is -3.27. The highest BCUT2D eigenvalue weighted by molar-refractivity contribution is 8.01. The lowest BCUT2D eigenvalue weighted by Gasteiger charge is -2.34. The van der Waals surface area contributed by atoms with Crippen LogP contribution in [0.2, 0.25) is 0 Å². The van der Waals surface area contributed by atoms with Crippen LogP contribution in [0, 0.1) is 0 Å². The van der Waals surface area contributed by atoms with Gasteiger partial charge in [0.1, 0.15) is 5.37 Å². The maximum absolute atomic E-state index is 12.5. The summed E-state index contributed by atoms with van der Waals surface area (Å²) in [5.41, 5.74) is 6.65. The number of nitrogens with two attached hydrogens (primary N) is 1. The summed E-state index contributed by atoms with van der Waals surface area (Å²) in [6.07, 6.45) is 0. The second kappa shape index (κ2) is 6.05. The molecule has 2 rings (SSSR count). The van der Waals surface area contributed by atoms with E-state index in [1.165, 1.54) is 4.90 Å². The second-order valence-electron chi connectivity index (χ2n) is 4.60. The van der Waals surface area contributed by atoms with Gasteiger partial charge in [-0.25, -0.2) is 8.42 Å². The number of carbonyl (C=O) groups excluding carboxylic acids is 1. The molecule has 0 aromatic heterocycles. The number of carbonyl (C=O) groups is 1. The van der Waals surface area contributed by atoms with Crippen molar-refractivity contribution in [1.29, 1.82) is 0 Å². The molecule has 1 aromatic carbocycles. The van der Waals surface area contributed by atoms with E-state index >= 15 is 0 Å². The van der Waals surface area contributed by atoms with E-state index in [-0.39, 0.29) is 11.7 Å². The zero-order chi connectivity index (χ0) is 14.8. The normalized spacial score (nSPS) is 19.9. The first kappa shape index (κ1) is 15.2. The van der Waals surface area contributed by atoms with E-state index in [2.05, 4.69) is 0 Å². The molecule has 1 atom stereocenters. The Kier molecular flexibility index (Phi) is 4.59. The molecule has 0 spiro atoms. The van der Waals surface area contributed by atoms with Crippen LogP contribution >= 0.6 is 11.8 Å². The predicted molar refractivity (Wildman–Crippen MR) is 82.5 cm³/mol. The summed E-state index contributed by atoms with van der Waals surface area (Å²) in [6.45, 7) is 2.07. The van der Waals surface area contributed by atoms with Gasteiger partial charge in [0, 0.05) is 35.1 Å². The molecule has 0 aliphatic carbocycles. The molecule has 1 aliphatic heterocycles. The Morgan fingerprint density at radius 1 is 1.40 bits per heavy atom. The van der Waals surface area contributed by atoms with Gasteiger partial charge < -0.3 is 10.6 Å². The third kappa shape index (κ3) is 3.09. The molecule has 1 aromatic rings. The smallest absolute Gasteiger partial charge is 0.254 e. The summed E-state index contributed by atoms with van der Waals surface area (Å²) in [7, 11) is -3.27. The van der Waals surface area contributed by atoms with E-state index in [1.54, 1.807) is 43.0 Å². The maximum Gasteiger partial charge on any atom is 0.254 e. The molecule has 1 saturated heterocycles. The fraction of sp³-hybridized carbons (Fsp3) is 0.462. The van der Waals surface area contributed by atoms with Crippen molar-refractivity contribution in [2.75, 3.05) is 29.5 Å². The van der Waals surface area contributed by atoms with Crippen molar-refractivity contribution in [1.82, 2.24) is 4.90 Å². The number of benzene rings is 1. The summed E-state index contributed by atoms with van der Waals surface area (Å²) in [6, 6.07) is 6.56. The molecule has 1 amide bonds. The van der Waals surface area contributed by atoms with Crippen molar-refractivity contribution in [2.45, 2.75) is 12.3 Å². The zero-order valence-corrected chi connectivity index (χ0v) is 12.9. The molecule has 5 nitrogen and oxygen atoms in total. The van der Waals surface area contributed by atoms with Crippen molar-refractivity contribution < 1.29 is 13.2 Å². The highest BCUT2D eigenvalue weighted by Gasteiger charge is 2.35. The summed E-state index contributed by atoms with van der Waals surface area (Å²) >= 11 is 1.57. The summed E-state index contributed by atoms with van der Waals surface area (Å²) < 4.78 is 24.3. The lowest BCUT2D eigenvalue weighted by Crippen LogP contribution is -2.50. The minimum absolute atomic E-state index is 0.0454. The first-order valence-corrected chi connectivity index (χ1v) is 9.28. The number of thioether (sulfide) groups is 1. The minimum Gasteiger partial charge on any atom is -0.399 e. The van der Waals surface area contributed by atoms with Crippen LogP contribution in [0.1, 0.15) is 17.3 Å². The fourth-order valence-electron chi connectivity index (χ4n) is 2.09. The average Bonchev–Trinajstić information content (AvgIpc) is 2.47. The van der Waals surface area contributed by atoms with E-state index in [9.17, 15) is 13.2 Å². The molecular weight excluding hydrogens is 296 g/mol. The Bertz CT molecular complexity index is 584. The van der Waals surface area contributed by atoms with E-state index in [0.29, 0.717) is 23.5 Å². The number of nitrogens with zero attached hydrogens (tertiary/aromatic N) is 1. The molecule has 0 bridgehead atoms. The van der Waals surface area contributed by atoms with Crippen molar-refractivity contribution in [3.8, 4) is 0 Å². The Balaban J connectivity index is 2.28. The quantitative estimate of drug-likeness (QED) is 0.849. The Morgan fingerprint density at radius 2 is 2.05 bits per heavy atom.